The summed E-state index contributed by atoms with van der Waals surface area (Å²) in [5.41, 5.74) is 1.88. The number of carbonyl (C=O) groups is 1. The van der Waals surface area contributed by atoms with Crippen LogP contribution in [0.15, 0.2) is 42.1 Å². The second-order valence-corrected chi connectivity index (χ2v) is 6.00. The largest absolute Gasteiger partial charge is 0.497 e. The topological polar surface area (TPSA) is 63.2 Å². The molecular weight excluding hydrogens is 306 g/mol. The molecule has 6 nitrogen and oxygen atoms in total. The summed E-state index contributed by atoms with van der Waals surface area (Å²) in [6, 6.07) is 7.66. The number of methoxy groups -OCH3 is 1. The smallest absolute Gasteiger partial charge is 0.318 e. The third-order valence-electron chi connectivity index (χ3n) is 3.63. The fourth-order valence-corrected chi connectivity index (χ4v) is 2.46. The Kier molecular flexibility index (Phi) is 6.23. The first-order chi connectivity index (χ1) is 11.5. The van der Waals surface area contributed by atoms with Crippen molar-refractivity contribution >= 4 is 11.7 Å². The van der Waals surface area contributed by atoms with Crippen LogP contribution in [0, 0.1) is 0 Å². The van der Waals surface area contributed by atoms with E-state index in [4.69, 9.17) is 9.57 Å². The van der Waals surface area contributed by atoms with Crippen LogP contribution in [0.5, 0.6) is 5.75 Å². The quantitative estimate of drug-likeness (QED) is 0.782. The zero-order chi connectivity index (χ0) is 17.5. The molecule has 2 rings (SSSR count). The molecule has 0 unspecified atom stereocenters. The van der Waals surface area contributed by atoms with Gasteiger partial charge in [0, 0.05) is 19.0 Å². The number of urea groups is 1. The van der Waals surface area contributed by atoms with Crippen LogP contribution in [0.2, 0.25) is 0 Å². The minimum atomic E-state index is -0.153. The molecule has 1 aliphatic rings. The Balaban J connectivity index is 1.94. The summed E-state index contributed by atoms with van der Waals surface area (Å²) in [6.07, 6.45) is 2.22. The normalized spacial score (nSPS) is 16.3. The van der Waals surface area contributed by atoms with Gasteiger partial charge in [-0.2, -0.15) is 0 Å². The van der Waals surface area contributed by atoms with Crippen molar-refractivity contribution in [1.29, 1.82) is 0 Å². The van der Waals surface area contributed by atoms with E-state index in [-0.39, 0.29) is 18.2 Å². The number of carbonyl (C=O) groups excluding carboxylic acids is 1. The molecule has 0 aliphatic carbocycles. The molecule has 1 atom stereocenters. The monoisotopic (exact) mass is 331 g/mol. The van der Waals surface area contributed by atoms with Gasteiger partial charge in [0.05, 0.1) is 19.4 Å². The third kappa shape index (κ3) is 4.75. The summed E-state index contributed by atoms with van der Waals surface area (Å²) in [7, 11) is 1.64. The van der Waals surface area contributed by atoms with Crippen molar-refractivity contribution in [2.24, 2.45) is 5.16 Å². The first-order valence-electron chi connectivity index (χ1n) is 8.07. The number of nitrogens with zero attached hydrogens (tertiary/aromatic N) is 2. The van der Waals surface area contributed by atoms with Crippen molar-refractivity contribution in [1.82, 2.24) is 10.2 Å². The van der Waals surface area contributed by atoms with Crippen LogP contribution >= 0.6 is 0 Å². The van der Waals surface area contributed by atoms with E-state index in [0.717, 1.165) is 17.0 Å². The molecule has 1 aromatic rings. The Bertz CT molecular complexity index is 596. The number of ether oxygens (including phenoxy) is 1. The van der Waals surface area contributed by atoms with Crippen LogP contribution in [0.3, 0.4) is 0 Å². The minimum Gasteiger partial charge on any atom is -0.497 e. The second kappa shape index (κ2) is 8.38. The molecule has 24 heavy (non-hydrogen) atoms. The van der Waals surface area contributed by atoms with E-state index < -0.39 is 0 Å². The van der Waals surface area contributed by atoms with Crippen molar-refractivity contribution in [2.45, 2.75) is 32.4 Å². The summed E-state index contributed by atoms with van der Waals surface area (Å²) in [6.45, 7) is 8.51. The molecule has 0 radical (unpaired) electrons. The number of oxime groups is 1. The maximum atomic E-state index is 12.2. The van der Waals surface area contributed by atoms with Crippen LogP contribution in [0.25, 0.3) is 0 Å². The molecule has 2 amide bonds. The Hall–Kier alpha value is -2.50. The number of rotatable bonds is 7. The summed E-state index contributed by atoms with van der Waals surface area (Å²) < 4.78 is 5.16. The second-order valence-electron chi connectivity index (χ2n) is 6.00. The Morgan fingerprint density at radius 1 is 1.50 bits per heavy atom. The number of benzene rings is 1. The summed E-state index contributed by atoms with van der Waals surface area (Å²) in [5.74, 6) is 0.803. The highest BCUT2D eigenvalue weighted by molar-refractivity contribution is 6.01. The molecule has 0 saturated carbocycles. The van der Waals surface area contributed by atoms with Gasteiger partial charge in [-0.05, 0) is 43.7 Å². The molecule has 1 aliphatic heterocycles. The number of hydrogen-bond donors (Lipinski definition) is 1. The van der Waals surface area contributed by atoms with Crippen molar-refractivity contribution in [3.05, 3.63) is 42.5 Å². The minimum absolute atomic E-state index is 0.0837. The van der Waals surface area contributed by atoms with Crippen LogP contribution < -0.4 is 10.1 Å². The average molecular weight is 331 g/mol. The maximum Gasteiger partial charge on any atom is 0.318 e. The van der Waals surface area contributed by atoms with Crippen LogP contribution in [0.1, 0.15) is 25.8 Å². The number of hydrogen-bond acceptors (Lipinski definition) is 4. The lowest BCUT2D eigenvalue weighted by atomic mass is 10.0. The lowest BCUT2D eigenvalue weighted by Crippen LogP contribution is -2.46. The maximum absolute atomic E-state index is 12.2. The van der Waals surface area contributed by atoms with Gasteiger partial charge in [-0.25, -0.2) is 4.79 Å². The van der Waals surface area contributed by atoms with E-state index in [1.54, 1.807) is 18.1 Å². The standard InChI is InChI=1S/C18H25N3O3/c1-5-10-21(18(22)19-13(2)3)12-16-11-17(20-24-16)14-6-8-15(23-4)9-7-14/h5-9,13,16H,1,10-12H2,2-4H3,(H,19,22)/t16-/m0/s1. The third-order valence-corrected chi connectivity index (χ3v) is 3.63. The Morgan fingerprint density at radius 3 is 2.79 bits per heavy atom. The van der Waals surface area contributed by atoms with E-state index in [9.17, 15) is 4.79 Å². The van der Waals surface area contributed by atoms with Crippen molar-refractivity contribution in [2.75, 3.05) is 20.2 Å². The molecule has 0 aromatic heterocycles. The highest BCUT2D eigenvalue weighted by Gasteiger charge is 2.26. The number of amides is 2. The van der Waals surface area contributed by atoms with E-state index in [0.29, 0.717) is 19.5 Å². The molecule has 130 valence electrons. The van der Waals surface area contributed by atoms with Gasteiger partial charge in [0.1, 0.15) is 5.75 Å². The molecule has 0 spiro atoms. The van der Waals surface area contributed by atoms with Gasteiger partial charge in [0.25, 0.3) is 0 Å². The van der Waals surface area contributed by atoms with Crippen LogP contribution in [0.4, 0.5) is 4.79 Å². The highest BCUT2D eigenvalue weighted by atomic mass is 16.6. The fraction of sp³-hybridized carbons (Fsp3) is 0.444. The van der Waals surface area contributed by atoms with Crippen LogP contribution in [-0.4, -0.2) is 49.0 Å². The molecule has 1 N–H and O–H groups in total. The lowest BCUT2D eigenvalue weighted by molar-refractivity contribution is 0.0626. The van der Waals surface area contributed by atoms with Crippen molar-refractivity contribution in [3.8, 4) is 5.75 Å². The highest BCUT2D eigenvalue weighted by Crippen LogP contribution is 2.20. The molecule has 1 heterocycles. The molecule has 6 heteroatoms. The zero-order valence-corrected chi connectivity index (χ0v) is 14.5. The summed E-state index contributed by atoms with van der Waals surface area (Å²) in [5, 5.41) is 7.06. The SMILES string of the molecule is C=CCN(C[C@@H]1CC(c2ccc(OC)cc2)=NO1)C(=O)NC(C)C. The Labute approximate surface area is 143 Å². The van der Waals surface area contributed by atoms with Gasteiger partial charge in [-0.3, -0.25) is 0 Å². The molecule has 0 bridgehead atoms. The van der Waals surface area contributed by atoms with Gasteiger partial charge in [-0.1, -0.05) is 11.2 Å². The van der Waals surface area contributed by atoms with Gasteiger partial charge < -0.3 is 19.8 Å². The summed E-state index contributed by atoms with van der Waals surface area (Å²) in [4.78, 5) is 19.4. The van der Waals surface area contributed by atoms with Crippen molar-refractivity contribution in [3.63, 3.8) is 0 Å². The van der Waals surface area contributed by atoms with Crippen LogP contribution in [-0.2, 0) is 4.84 Å². The first kappa shape index (κ1) is 17.8. The van der Waals surface area contributed by atoms with E-state index in [1.807, 2.05) is 38.1 Å². The fourth-order valence-electron chi connectivity index (χ4n) is 2.46. The van der Waals surface area contributed by atoms with E-state index in [1.165, 1.54) is 0 Å². The first-order valence-corrected chi connectivity index (χ1v) is 8.07. The van der Waals surface area contributed by atoms with Crippen molar-refractivity contribution < 1.29 is 14.4 Å². The summed E-state index contributed by atoms with van der Waals surface area (Å²) >= 11 is 0. The Morgan fingerprint density at radius 2 is 2.21 bits per heavy atom. The average Bonchev–Trinajstić information content (AvgIpc) is 3.02. The van der Waals surface area contributed by atoms with E-state index >= 15 is 0 Å². The van der Waals surface area contributed by atoms with Gasteiger partial charge in [0.2, 0.25) is 0 Å². The lowest BCUT2D eigenvalue weighted by Gasteiger charge is -2.24. The van der Waals surface area contributed by atoms with Gasteiger partial charge >= 0.3 is 6.03 Å². The predicted octanol–water partition coefficient (Wildman–Crippen LogP) is 2.79. The predicted molar refractivity (Wildman–Crippen MR) is 94.5 cm³/mol. The number of nitrogens with one attached hydrogen (secondary N) is 1. The molecule has 0 saturated heterocycles. The molecular formula is C18H25N3O3. The zero-order valence-electron chi connectivity index (χ0n) is 14.5. The van der Waals surface area contributed by atoms with Gasteiger partial charge in [-0.15, -0.1) is 6.58 Å². The molecule has 0 fully saturated rings. The van der Waals surface area contributed by atoms with E-state index in [2.05, 4.69) is 17.1 Å². The molecule has 1 aromatic carbocycles. The van der Waals surface area contributed by atoms with Gasteiger partial charge in [0.15, 0.2) is 6.10 Å².